The predicted molar refractivity (Wildman–Crippen MR) is 102 cm³/mol. The molecule has 150 valence electrons. The van der Waals surface area contributed by atoms with E-state index >= 15 is 0 Å². The average molecular weight is 392 g/mol. The van der Waals surface area contributed by atoms with Gasteiger partial charge >= 0.3 is 12.6 Å². The van der Waals surface area contributed by atoms with Crippen molar-refractivity contribution in [3.8, 4) is 5.75 Å². The highest BCUT2D eigenvalue weighted by Gasteiger charge is 2.12. The Balaban J connectivity index is 1.84. The molecule has 8 heteroatoms. The molecule has 0 aromatic heterocycles. The zero-order valence-electron chi connectivity index (χ0n) is 15.7. The van der Waals surface area contributed by atoms with Crippen LogP contribution in [-0.2, 0) is 9.53 Å². The minimum Gasteiger partial charge on any atom is -0.452 e. The average Bonchev–Trinajstić information content (AvgIpc) is 2.69. The van der Waals surface area contributed by atoms with Gasteiger partial charge in [0.25, 0.3) is 5.91 Å². The molecule has 0 heterocycles. The maximum Gasteiger partial charge on any atom is 0.387 e. The van der Waals surface area contributed by atoms with Crippen LogP contribution in [0.25, 0.3) is 0 Å². The van der Waals surface area contributed by atoms with Gasteiger partial charge in [0.2, 0.25) is 0 Å². The first kappa shape index (κ1) is 21.1. The summed E-state index contributed by atoms with van der Waals surface area (Å²) in [4.78, 5) is 26.1. The summed E-state index contributed by atoms with van der Waals surface area (Å²) in [5, 5.41) is 2.50. The van der Waals surface area contributed by atoms with Crippen molar-refractivity contribution < 1.29 is 27.8 Å². The van der Waals surface area contributed by atoms with Crippen molar-refractivity contribution in [1.29, 1.82) is 0 Å². The number of ether oxygens (including phenoxy) is 2. The second-order valence-electron chi connectivity index (χ2n) is 5.75. The van der Waals surface area contributed by atoms with E-state index in [0.717, 1.165) is 18.8 Å². The van der Waals surface area contributed by atoms with Crippen LogP contribution < -0.4 is 15.0 Å². The topological polar surface area (TPSA) is 67.9 Å². The summed E-state index contributed by atoms with van der Waals surface area (Å²) in [5.41, 5.74) is 1.71. The molecule has 0 aliphatic rings. The summed E-state index contributed by atoms with van der Waals surface area (Å²) in [6.07, 6.45) is 0. The van der Waals surface area contributed by atoms with Crippen LogP contribution >= 0.6 is 0 Å². The van der Waals surface area contributed by atoms with Crippen molar-refractivity contribution in [2.45, 2.75) is 20.5 Å². The SMILES string of the molecule is CCN(CC)c1ccc(C(=O)OCC(=O)Nc2ccc(OC(F)F)cc2)cc1. The van der Waals surface area contributed by atoms with E-state index in [1.165, 1.54) is 24.3 Å². The van der Waals surface area contributed by atoms with E-state index in [0.29, 0.717) is 11.3 Å². The number of anilines is 2. The maximum absolute atomic E-state index is 12.1. The van der Waals surface area contributed by atoms with Crippen LogP contribution in [0.4, 0.5) is 20.2 Å². The standard InChI is InChI=1S/C20H22F2N2O4/c1-3-24(4-2)16-9-5-14(6-10-16)19(26)27-13-18(25)23-15-7-11-17(12-8-15)28-20(21)22/h5-12,20H,3-4,13H2,1-2H3,(H,23,25). The monoisotopic (exact) mass is 392 g/mol. The lowest BCUT2D eigenvalue weighted by atomic mass is 10.2. The second-order valence-corrected chi connectivity index (χ2v) is 5.75. The molecule has 0 atom stereocenters. The predicted octanol–water partition coefficient (Wildman–Crippen LogP) is 3.93. The normalized spacial score (nSPS) is 10.5. The first-order chi connectivity index (χ1) is 13.4. The number of hydrogen-bond acceptors (Lipinski definition) is 5. The van der Waals surface area contributed by atoms with Crippen LogP contribution in [0.15, 0.2) is 48.5 Å². The van der Waals surface area contributed by atoms with Gasteiger partial charge in [-0.05, 0) is 62.4 Å². The number of carbonyl (C=O) groups excluding carboxylic acids is 2. The molecule has 0 saturated heterocycles. The molecule has 0 bridgehead atoms. The lowest BCUT2D eigenvalue weighted by molar-refractivity contribution is -0.119. The van der Waals surface area contributed by atoms with Crippen molar-refractivity contribution in [2.24, 2.45) is 0 Å². The number of rotatable bonds is 9. The molecule has 1 N–H and O–H groups in total. The number of esters is 1. The van der Waals surface area contributed by atoms with E-state index in [2.05, 4.69) is 15.0 Å². The number of amides is 1. The molecule has 0 saturated carbocycles. The quantitative estimate of drug-likeness (QED) is 0.655. The molecule has 0 radical (unpaired) electrons. The molecule has 1 amide bonds. The maximum atomic E-state index is 12.1. The molecule has 2 rings (SSSR count). The molecule has 0 unspecified atom stereocenters. The second kappa shape index (κ2) is 10.2. The van der Waals surface area contributed by atoms with Gasteiger partial charge < -0.3 is 19.7 Å². The third-order valence-corrected chi connectivity index (χ3v) is 3.93. The third-order valence-electron chi connectivity index (χ3n) is 3.93. The van der Waals surface area contributed by atoms with Gasteiger partial charge in [0.1, 0.15) is 5.75 Å². The van der Waals surface area contributed by atoms with Crippen molar-refractivity contribution >= 4 is 23.3 Å². The van der Waals surface area contributed by atoms with Crippen LogP contribution in [0, 0.1) is 0 Å². The number of hydrogen-bond donors (Lipinski definition) is 1. The van der Waals surface area contributed by atoms with E-state index < -0.39 is 25.1 Å². The van der Waals surface area contributed by atoms with Crippen molar-refractivity contribution in [2.75, 3.05) is 29.9 Å². The minimum atomic E-state index is -2.92. The Morgan fingerprint density at radius 3 is 2.14 bits per heavy atom. The first-order valence-electron chi connectivity index (χ1n) is 8.79. The number of halogens is 2. The van der Waals surface area contributed by atoms with Crippen LogP contribution in [0.5, 0.6) is 5.75 Å². The largest absolute Gasteiger partial charge is 0.452 e. The number of nitrogens with one attached hydrogen (secondary N) is 1. The molecule has 2 aromatic rings. The van der Waals surface area contributed by atoms with Gasteiger partial charge in [0, 0.05) is 24.5 Å². The van der Waals surface area contributed by atoms with Crippen molar-refractivity contribution in [1.82, 2.24) is 0 Å². The molecule has 0 aliphatic carbocycles. The van der Waals surface area contributed by atoms with Gasteiger partial charge in [-0.1, -0.05) is 0 Å². The molecule has 0 spiro atoms. The van der Waals surface area contributed by atoms with Gasteiger partial charge in [0.15, 0.2) is 6.61 Å². The van der Waals surface area contributed by atoms with Crippen molar-refractivity contribution in [3.63, 3.8) is 0 Å². The fourth-order valence-electron chi connectivity index (χ4n) is 2.53. The summed E-state index contributed by atoms with van der Waals surface area (Å²) in [6.45, 7) is 2.42. The molecule has 6 nitrogen and oxygen atoms in total. The smallest absolute Gasteiger partial charge is 0.387 e. The summed E-state index contributed by atoms with van der Waals surface area (Å²) >= 11 is 0. The van der Waals surface area contributed by atoms with E-state index in [1.54, 1.807) is 12.1 Å². The minimum absolute atomic E-state index is 0.0208. The molecule has 28 heavy (non-hydrogen) atoms. The van der Waals surface area contributed by atoms with Gasteiger partial charge in [-0.3, -0.25) is 4.79 Å². The van der Waals surface area contributed by atoms with Crippen LogP contribution in [0.3, 0.4) is 0 Å². The number of carbonyl (C=O) groups is 2. The molecule has 0 aliphatic heterocycles. The van der Waals surface area contributed by atoms with Crippen LogP contribution in [0.1, 0.15) is 24.2 Å². The fourth-order valence-corrected chi connectivity index (χ4v) is 2.53. The Morgan fingerprint density at radius 2 is 1.61 bits per heavy atom. The lowest BCUT2D eigenvalue weighted by Gasteiger charge is -2.20. The van der Waals surface area contributed by atoms with Crippen LogP contribution in [-0.4, -0.2) is 38.2 Å². The molecule has 0 fully saturated rings. The van der Waals surface area contributed by atoms with E-state index in [9.17, 15) is 18.4 Å². The Labute approximate surface area is 162 Å². The van der Waals surface area contributed by atoms with Gasteiger partial charge in [-0.2, -0.15) is 8.78 Å². The number of alkyl halides is 2. The van der Waals surface area contributed by atoms with Gasteiger partial charge in [-0.25, -0.2) is 4.79 Å². The van der Waals surface area contributed by atoms with E-state index in [-0.39, 0.29) is 5.75 Å². The summed E-state index contributed by atoms with van der Waals surface area (Å²) < 4.78 is 33.4. The van der Waals surface area contributed by atoms with E-state index in [4.69, 9.17) is 4.74 Å². The summed E-state index contributed by atoms with van der Waals surface area (Å²) in [7, 11) is 0. The number of benzene rings is 2. The zero-order valence-corrected chi connectivity index (χ0v) is 15.7. The Kier molecular flexibility index (Phi) is 7.74. The first-order valence-corrected chi connectivity index (χ1v) is 8.79. The molecular formula is C20H22F2N2O4. The Morgan fingerprint density at radius 1 is 1.00 bits per heavy atom. The Hall–Kier alpha value is -3.16. The van der Waals surface area contributed by atoms with Gasteiger partial charge in [-0.15, -0.1) is 0 Å². The van der Waals surface area contributed by atoms with Crippen LogP contribution in [0.2, 0.25) is 0 Å². The highest BCUT2D eigenvalue weighted by Crippen LogP contribution is 2.18. The number of nitrogens with zero attached hydrogens (tertiary/aromatic N) is 1. The highest BCUT2D eigenvalue weighted by molar-refractivity contribution is 5.95. The van der Waals surface area contributed by atoms with E-state index in [1.807, 2.05) is 26.0 Å². The fraction of sp³-hybridized carbons (Fsp3) is 0.300. The van der Waals surface area contributed by atoms with Crippen molar-refractivity contribution in [3.05, 3.63) is 54.1 Å². The molecule has 2 aromatic carbocycles. The summed E-state index contributed by atoms with van der Waals surface area (Å²) in [5.74, 6) is -1.18. The Bertz CT molecular complexity index is 776. The lowest BCUT2D eigenvalue weighted by Crippen LogP contribution is -2.22. The zero-order chi connectivity index (χ0) is 20.5. The van der Waals surface area contributed by atoms with Gasteiger partial charge in [0.05, 0.1) is 5.56 Å². The third kappa shape index (κ3) is 6.22. The summed E-state index contributed by atoms with van der Waals surface area (Å²) in [6, 6.07) is 12.4. The molecular weight excluding hydrogens is 370 g/mol. The highest BCUT2D eigenvalue weighted by atomic mass is 19.3.